The zero-order chi connectivity index (χ0) is 13.4. The minimum atomic E-state index is 0.595. The van der Waals surface area contributed by atoms with Crippen LogP contribution in [0.1, 0.15) is 43.0 Å². The molecule has 1 saturated heterocycles. The molecule has 1 aromatic carbocycles. The van der Waals surface area contributed by atoms with E-state index in [1.54, 1.807) is 11.5 Å². The highest BCUT2D eigenvalue weighted by molar-refractivity contribution is 7.09. The van der Waals surface area contributed by atoms with Gasteiger partial charge in [0.2, 0.25) is 5.13 Å². The lowest BCUT2D eigenvalue weighted by Crippen LogP contribution is -2.30. The minimum absolute atomic E-state index is 0.595. The van der Waals surface area contributed by atoms with Gasteiger partial charge in [0.05, 0.1) is 0 Å². The van der Waals surface area contributed by atoms with E-state index in [1.807, 2.05) is 0 Å². The van der Waals surface area contributed by atoms with Crippen LogP contribution in [-0.4, -0.2) is 21.9 Å². The van der Waals surface area contributed by atoms with Crippen LogP contribution in [0.25, 0.3) is 0 Å². The molecule has 2 heterocycles. The highest BCUT2D eigenvalue weighted by atomic mass is 32.1. The predicted molar refractivity (Wildman–Crippen MR) is 82.4 cm³/mol. The second kappa shape index (κ2) is 5.17. The molecule has 4 rings (SSSR count). The van der Waals surface area contributed by atoms with Gasteiger partial charge in [-0.15, -0.1) is 0 Å². The van der Waals surface area contributed by atoms with Crippen molar-refractivity contribution in [2.75, 3.05) is 11.4 Å². The van der Waals surface area contributed by atoms with Crippen LogP contribution in [0.15, 0.2) is 30.3 Å². The Bertz CT molecular complexity index is 576. The normalized spacial score (nSPS) is 22.4. The van der Waals surface area contributed by atoms with Crippen molar-refractivity contribution in [3.05, 3.63) is 41.7 Å². The lowest BCUT2D eigenvalue weighted by molar-refractivity contribution is 0.661. The quantitative estimate of drug-likeness (QED) is 0.859. The number of nitrogens with zero attached hydrogens (tertiary/aromatic N) is 3. The Balaban J connectivity index is 1.51. The third kappa shape index (κ3) is 2.44. The van der Waals surface area contributed by atoms with Gasteiger partial charge >= 0.3 is 0 Å². The van der Waals surface area contributed by atoms with Gasteiger partial charge in [0, 0.05) is 30.0 Å². The van der Waals surface area contributed by atoms with E-state index < -0.39 is 0 Å². The summed E-state index contributed by atoms with van der Waals surface area (Å²) >= 11 is 1.59. The molecule has 104 valence electrons. The predicted octanol–water partition coefficient (Wildman–Crippen LogP) is 3.63. The van der Waals surface area contributed by atoms with Crippen molar-refractivity contribution in [2.24, 2.45) is 0 Å². The molecular formula is C16H19N3S. The first kappa shape index (κ1) is 12.3. The number of aromatic nitrogens is 2. The van der Waals surface area contributed by atoms with Gasteiger partial charge in [0.15, 0.2) is 0 Å². The summed E-state index contributed by atoms with van der Waals surface area (Å²) in [6, 6.07) is 11.4. The van der Waals surface area contributed by atoms with Crippen LogP contribution in [-0.2, 0) is 6.42 Å². The lowest BCUT2D eigenvalue weighted by atomic mass is 10.0. The van der Waals surface area contributed by atoms with E-state index >= 15 is 0 Å². The van der Waals surface area contributed by atoms with E-state index in [4.69, 9.17) is 4.98 Å². The molecular weight excluding hydrogens is 266 g/mol. The van der Waals surface area contributed by atoms with Crippen LogP contribution in [0.5, 0.6) is 0 Å². The van der Waals surface area contributed by atoms with Crippen molar-refractivity contribution in [2.45, 2.75) is 44.1 Å². The molecule has 1 unspecified atom stereocenters. The van der Waals surface area contributed by atoms with Crippen LogP contribution in [0.2, 0.25) is 0 Å². The summed E-state index contributed by atoms with van der Waals surface area (Å²) in [6.45, 7) is 1.14. The van der Waals surface area contributed by atoms with Gasteiger partial charge < -0.3 is 4.90 Å². The summed E-state index contributed by atoms with van der Waals surface area (Å²) in [6.07, 6.45) is 6.23. The fraction of sp³-hybridized carbons (Fsp3) is 0.500. The lowest BCUT2D eigenvalue weighted by Gasteiger charge is -2.23. The van der Waals surface area contributed by atoms with E-state index in [0.29, 0.717) is 12.0 Å². The first-order valence-electron chi connectivity index (χ1n) is 7.54. The molecule has 2 aromatic rings. The van der Waals surface area contributed by atoms with Gasteiger partial charge in [-0.3, -0.25) is 0 Å². The van der Waals surface area contributed by atoms with Gasteiger partial charge in [0.1, 0.15) is 5.82 Å². The maximum absolute atomic E-state index is 4.78. The Morgan fingerprint density at radius 2 is 2.00 bits per heavy atom. The van der Waals surface area contributed by atoms with E-state index in [-0.39, 0.29) is 0 Å². The molecule has 1 aromatic heterocycles. The van der Waals surface area contributed by atoms with Crippen molar-refractivity contribution in [1.29, 1.82) is 0 Å². The topological polar surface area (TPSA) is 29.0 Å². The SMILES string of the molecule is c1ccc(CC2CCCN2c2nc(C3CC3)ns2)cc1. The Kier molecular flexibility index (Phi) is 3.19. The van der Waals surface area contributed by atoms with Gasteiger partial charge in [0.25, 0.3) is 0 Å². The first-order valence-corrected chi connectivity index (χ1v) is 8.31. The van der Waals surface area contributed by atoms with Crippen molar-refractivity contribution in [1.82, 2.24) is 9.36 Å². The Labute approximate surface area is 123 Å². The maximum atomic E-state index is 4.78. The molecule has 4 heteroatoms. The van der Waals surface area contributed by atoms with Gasteiger partial charge in [-0.05, 0) is 37.7 Å². The molecule has 1 aliphatic heterocycles. The monoisotopic (exact) mass is 285 g/mol. The van der Waals surface area contributed by atoms with Crippen LogP contribution in [0.4, 0.5) is 5.13 Å². The average molecular weight is 285 g/mol. The average Bonchev–Trinajstić information content (AvgIpc) is 3.04. The van der Waals surface area contributed by atoms with Crippen LogP contribution in [0, 0.1) is 0 Å². The Morgan fingerprint density at radius 1 is 1.15 bits per heavy atom. The Hall–Kier alpha value is -1.42. The number of hydrogen-bond acceptors (Lipinski definition) is 4. The Morgan fingerprint density at radius 3 is 2.80 bits per heavy atom. The molecule has 20 heavy (non-hydrogen) atoms. The number of hydrogen-bond donors (Lipinski definition) is 0. The van der Waals surface area contributed by atoms with Crippen molar-refractivity contribution < 1.29 is 0 Å². The van der Waals surface area contributed by atoms with Crippen LogP contribution < -0.4 is 4.90 Å². The molecule has 2 aliphatic rings. The van der Waals surface area contributed by atoms with Crippen LogP contribution >= 0.6 is 11.5 Å². The zero-order valence-electron chi connectivity index (χ0n) is 11.5. The number of rotatable bonds is 4. The summed E-state index contributed by atoms with van der Waals surface area (Å²) < 4.78 is 4.55. The van der Waals surface area contributed by atoms with Gasteiger partial charge in [-0.1, -0.05) is 30.3 Å². The molecule has 2 fully saturated rings. The smallest absolute Gasteiger partial charge is 0.205 e. The minimum Gasteiger partial charge on any atom is -0.344 e. The molecule has 1 saturated carbocycles. The molecule has 0 bridgehead atoms. The molecule has 0 spiro atoms. The zero-order valence-corrected chi connectivity index (χ0v) is 12.4. The first-order chi connectivity index (χ1) is 9.90. The van der Waals surface area contributed by atoms with Gasteiger partial charge in [-0.25, -0.2) is 4.98 Å². The fourth-order valence-electron chi connectivity index (χ4n) is 3.04. The van der Waals surface area contributed by atoms with E-state index in [9.17, 15) is 0 Å². The van der Waals surface area contributed by atoms with Crippen molar-refractivity contribution in [3.8, 4) is 0 Å². The third-order valence-corrected chi connectivity index (χ3v) is 5.08. The highest BCUT2D eigenvalue weighted by Gasteiger charge is 2.31. The third-order valence-electron chi connectivity index (χ3n) is 4.31. The van der Waals surface area contributed by atoms with Crippen molar-refractivity contribution >= 4 is 16.7 Å². The standard InChI is InChI=1S/C16H19N3S/c1-2-5-12(6-3-1)11-14-7-4-10-19(14)16-17-15(18-20-16)13-8-9-13/h1-3,5-6,13-14H,4,7-11H2. The van der Waals surface area contributed by atoms with Crippen LogP contribution in [0.3, 0.4) is 0 Å². The van der Waals surface area contributed by atoms with Crippen molar-refractivity contribution in [3.63, 3.8) is 0 Å². The van der Waals surface area contributed by atoms with Gasteiger partial charge in [-0.2, -0.15) is 4.37 Å². The summed E-state index contributed by atoms with van der Waals surface area (Å²) in [5, 5.41) is 1.14. The fourth-order valence-corrected chi connectivity index (χ4v) is 3.88. The van der Waals surface area contributed by atoms with E-state index in [1.165, 1.54) is 31.2 Å². The summed E-state index contributed by atoms with van der Waals surface area (Å²) in [5.41, 5.74) is 1.43. The molecule has 3 nitrogen and oxygen atoms in total. The van der Waals surface area contributed by atoms with E-state index in [2.05, 4.69) is 39.6 Å². The molecule has 0 N–H and O–H groups in total. The molecule has 0 radical (unpaired) electrons. The highest BCUT2D eigenvalue weighted by Crippen LogP contribution is 2.40. The summed E-state index contributed by atoms with van der Waals surface area (Å²) in [7, 11) is 0. The molecule has 1 aliphatic carbocycles. The largest absolute Gasteiger partial charge is 0.344 e. The maximum Gasteiger partial charge on any atom is 0.205 e. The number of anilines is 1. The second-order valence-electron chi connectivity index (χ2n) is 5.89. The molecule has 0 amide bonds. The van der Waals surface area contributed by atoms with E-state index in [0.717, 1.165) is 23.9 Å². The summed E-state index contributed by atoms with van der Waals surface area (Å²) in [4.78, 5) is 7.26. The number of benzene rings is 1. The molecule has 1 atom stereocenters. The second-order valence-corrected chi connectivity index (χ2v) is 6.62. The summed E-state index contributed by atoms with van der Waals surface area (Å²) in [5.74, 6) is 1.76.